The summed E-state index contributed by atoms with van der Waals surface area (Å²) in [5, 5.41) is 11.0. The molecule has 2 heterocycles. The normalized spacial score (nSPS) is 17.9. The summed E-state index contributed by atoms with van der Waals surface area (Å²) in [5.74, 6) is 0.312. The third-order valence-electron chi connectivity index (χ3n) is 3.89. The third-order valence-corrected chi connectivity index (χ3v) is 4.94. The highest BCUT2D eigenvalue weighted by atomic mass is 32.2. The molecule has 1 aliphatic rings. The van der Waals surface area contributed by atoms with Crippen molar-refractivity contribution in [1.82, 2.24) is 9.29 Å². The first-order chi connectivity index (χ1) is 12.3. The molecule has 0 saturated carbocycles. The van der Waals surface area contributed by atoms with Crippen LogP contribution in [-0.4, -0.2) is 34.1 Å². The van der Waals surface area contributed by atoms with Crippen molar-refractivity contribution in [3.63, 3.8) is 0 Å². The van der Waals surface area contributed by atoms with Crippen molar-refractivity contribution in [2.24, 2.45) is 5.92 Å². The van der Waals surface area contributed by atoms with Crippen LogP contribution >= 0.6 is 12.1 Å². The number of carbonyl (C=O) groups excluding carboxylic acids is 1. The molecule has 1 atom stereocenters. The van der Waals surface area contributed by atoms with Gasteiger partial charge in [-0.2, -0.15) is 5.26 Å². The van der Waals surface area contributed by atoms with Gasteiger partial charge in [-0.25, -0.2) is 14.1 Å². The summed E-state index contributed by atoms with van der Waals surface area (Å²) in [5.41, 5.74) is 0.883. The first-order valence-electron chi connectivity index (χ1n) is 8.52. The van der Waals surface area contributed by atoms with Crippen LogP contribution in [0.5, 0.6) is 0 Å². The number of rotatable bonds is 1. The monoisotopic (exact) mass is 370 g/mol. The minimum atomic E-state index is -0.521. The predicted molar refractivity (Wildman–Crippen MR) is 103 cm³/mol. The molecule has 0 radical (unpaired) electrons. The zero-order valence-electron chi connectivity index (χ0n) is 15.4. The molecule has 1 amide bonds. The van der Waals surface area contributed by atoms with Gasteiger partial charge in [0.05, 0.1) is 12.1 Å². The van der Waals surface area contributed by atoms with Crippen LogP contribution in [0.15, 0.2) is 30.5 Å². The van der Waals surface area contributed by atoms with Crippen molar-refractivity contribution in [2.45, 2.75) is 33.3 Å². The fourth-order valence-electron chi connectivity index (χ4n) is 2.79. The van der Waals surface area contributed by atoms with Gasteiger partial charge in [0.2, 0.25) is 0 Å². The molecule has 6 nitrogen and oxygen atoms in total. The van der Waals surface area contributed by atoms with Crippen molar-refractivity contribution in [1.29, 1.82) is 5.26 Å². The Morgan fingerprint density at radius 2 is 2.12 bits per heavy atom. The summed E-state index contributed by atoms with van der Waals surface area (Å²) in [6.07, 6.45) is 1.32. The molecule has 26 heavy (non-hydrogen) atoms. The van der Waals surface area contributed by atoms with Gasteiger partial charge in [0.25, 0.3) is 0 Å². The minimum Gasteiger partial charge on any atom is -0.443 e. The summed E-state index contributed by atoms with van der Waals surface area (Å²) < 4.78 is 9.26. The third kappa shape index (κ3) is 4.02. The Morgan fingerprint density at radius 1 is 1.35 bits per heavy atom. The summed E-state index contributed by atoms with van der Waals surface area (Å²) in [4.78, 5) is 16.5. The second-order valence-electron chi connectivity index (χ2n) is 7.47. The number of fused-ring (bicyclic) bond motifs is 1. The standard InChI is InChI=1S/C19H22N4O2S/c1-13-11-22(26-23(12-13)18(24)25-19(2,3)4)15-5-6-16-14(9-15)7-8-21-17(16)10-20/h5-9,13H,11-12H2,1-4H3. The van der Waals surface area contributed by atoms with E-state index >= 15 is 0 Å². The van der Waals surface area contributed by atoms with E-state index in [1.54, 1.807) is 10.5 Å². The predicted octanol–water partition coefficient (Wildman–Crippen LogP) is 4.36. The van der Waals surface area contributed by atoms with Crippen molar-refractivity contribution in [2.75, 3.05) is 17.4 Å². The fraction of sp³-hybridized carbons (Fsp3) is 0.421. The van der Waals surface area contributed by atoms with Crippen molar-refractivity contribution >= 4 is 34.7 Å². The molecule has 3 rings (SSSR count). The number of benzene rings is 1. The van der Waals surface area contributed by atoms with E-state index in [1.165, 1.54) is 12.1 Å². The largest absolute Gasteiger partial charge is 0.443 e. The molecule has 1 aromatic heterocycles. The lowest BCUT2D eigenvalue weighted by atomic mass is 10.1. The molecular weight excluding hydrogens is 348 g/mol. The molecule has 136 valence electrons. The van der Waals surface area contributed by atoms with Crippen LogP contribution in [0.2, 0.25) is 0 Å². The zero-order valence-corrected chi connectivity index (χ0v) is 16.2. The number of nitriles is 1. The second kappa shape index (κ2) is 7.04. The van der Waals surface area contributed by atoms with Crippen molar-refractivity contribution in [3.8, 4) is 6.07 Å². The number of carbonyl (C=O) groups is 1. The SMILES string of the molecule is CC1CN(C(=O)OC(C)(C)C)SN(c2ccc3c(C#N)nccc3c2)C1. The Labute approximate surface area is 158 Å². The van der Waals surface area contributed by atoms with Gasteiger partial charge < -0.3 is 4.74 Å². The molecule has 0 bridgehead atoms. The lowest BCUT2D eigenvalue weighted by Crippen LogP contribution is -2.44. The van der Waals surface area contributed by atoms with E-state index in [4.69, 9.17) is 4.74 Å². The summed E-state index contributed by atoms with van der Waals surface area (Å²) in [6, 6.07) is 9.91. The lowest BCUT2D eigenvalue weighted by molar-refractivity contribution is 0.0385. The molecule has 0 N–H and O–H groups in total. The van der Waals surface area contributed by atoms with E-state index < -0.39 is 5.60 Å². The number of amides is 1. The second-order valence-corrected chi connectivity index (χ2v) is 8.51. The highest BCUT2D eigenvalue weighted by Crippen LogP contribution is 2.34. The molecule has 0 spiro atoms. The van der Waals surface area contributed by atoms with Gasteiger partial charge in [0, 0.05) is 30.4 Å². The molecule has 1 aliphatic heterocycles. The van der Waals surface area contributed by atoms with E-state index in [1.807, 2.05) is 45.0 Å². The van der Waals surface area contributed by atoms with Crippen LogP contribution in [0.4, 0.5) is 10.5 Å². The smallest absolute Gasteiger partial charge is 0.421 e. The average molecular weight is 370 g/mol. The Hall–Kier alpha value is -2.46. The average Bonchev–Trinajstić information content (AvgIpc) is 2.58. The summed E-state index contributed by atoms with van der Waals surface area (Å²) in [7, 11) is 0. The fourth-order valence-corrected chi connectivity index (χ4v) is 3.98. The van der Waals surface area contributed by atoms with E-state index in [9.17, 15) is 10.1 Å². The van der Waals surface area contributed by atoms with Gasteiger partial charge in [0.15, 0.2) is 0 Å². The maximum atomic E-state index is 12.4. The Balaban J connectivity index is 1.85. The van der Waals surface area contributed by atoms with E-state index in [2.05, 4.69) is 22.3 Å². The highest BCUT2D eigenvalue weighted by Gasteiger charge is 2.31. The molecular formula is C19H22N4O2S. The molecule has 1 aromatic carbocycles. The topological polar surface area (TPSA) is 69.5 Å². The first kappa shape index (κ1) is 18.3. The summed E-state index contributed by atoms with van der Waals surface area (Å²) in [6.45, 7) is 9.18. The molecule has 1 unspecified atom stereocenters. The number of nitrogens with zero attached hydrogens (tertiary/aromatic N) is 4. The Morgan fingerprint density at radius 3 is 2.81 bits per heavy atom. The number of pyridine rings is 1. The number of anilines is 1. The maximum Gasteiger partial charge on any atom is 0.421 e. The molecule has 1 fully saturated rings. The van der Waals surface area contributed by atoms with Gasteiger partial charge in [-0.15, -0.1) is 0 Å². The minimum absolute atomic E-state index is 0.312. The van der Waals surface area contributed by atoms with Gasteiger partial charge in [-0.05, 0) is 56.3 Å². The molecule has 1 saturated heterocycles. The number of aromatic nitrogens is 1. The van der Waals surface area contributed by atoms with Crippen LogP contribution in [0.3, 0.4) is 0 Å². The molecule has 0 aliphatic carbocycles. The van der Waals surface area contributed by atoms with Crippen LogP contribution in [-0.2, 0) is 4.74 Å². The molecule has 2 aromatic rings. The van der Waals surface area contributed by atoms with E-state index in [0.717, 1.165) is 23.0 Å². The molecule has 7 heteroatoms. The first-order valence-corrected chi connectivity index (χ1v) is 9.25. The number of hydrogen-bond acceptors (Lipinski definition) is 6. The zero-order chi connectivity index (χ0) is 18.9. The highest BCUT2D eigenvalue weighted by molar-refractivity contribution is 7.98. The number of hydrogen-bond donors (Lipinski definition) is 0. The van der Waals surface area contributed by atoms with Crippen LogP contribution in [0.25, 0.3) is 10.8 Å². The van der Waals surface area contributed by atoms with Crippen LogP contribution < -0.4 is 4.31 Å². The van der Waals surface area contributed by atoms with Gasteiger partial charge in [-0.1, -0.05) is 6.92 Å². The quantitative estimate of drug-likeness (QED) is 0.695. The van der Waals surface area contributed by atoms with Crippen LogP contribution in [0.1, 0.15) is 33.4 Å². The maximum absolute atomic E-state index is 12.4. The van der Waals surface area contributed by atoms with Gasteiger partial charge in [0.1, 0.15) is 17.4 Å². The Bertz CT molecular complexity index is 872. The van der Waals surface area contributed by atoms with Gasteiger partial charge in [-0.3, -0.25) is 4.31 Å². The van der Waals surface area contributed by atoms with Crippen molar-refractivity contribution < 1.29 is 9.53 Å². The van der Waals surface area contributed by atoms with Crippen molar-refractivity contribution in [3.05, 3.63) is 36.2 Å². The number of ether oxygens (including phenoxy) is 1. The summed E-state index contributed by atoms with van der Waals surface area (Å²) >= 11 is 1.37. The van der Waals surface area contributed by atoms with Gasteiger partial charge >= 0.3 is 6.09 Å². The Kier molecular flexibility index (Phi) is 4.97. The van der Waals surface area contributed by atoms with E-state index in [0.29, 0.717) is 18.2 Å². The lowest BCUT2D eigenvalue weighted by Gasteiger charge is -2.38. The van der Waals surface area contributed by atoms with E-state index in [-0.39, 0.29) is 6.09 Å². The van der Waals surface area contributed by atoms with Crippen LogP contribution in [0, 0.1) is 17.2 Å².